The minimum Gasteiger partial charge on any atom is -0.410 e. The molecule has 15 heteroatoms. The molecule has 0 aliphatic rings. The van der Waals surface area contributed by atoms with E-state index in [2.05, 4.69) is 31.9 Å². The lowest BCUT2D eigenvalue weighted by Crippen LogP contribution is -2.20. The number of benzene rings is 6. The molecule has 0 bridgehead atoms. The molecule has 6 rings (SSSR count). The summed E-state index contributed by atoms with van der Waals surface area (Å²) in [5.74, 6) is 0.756. The van der Waals surface area contributed by atoms with Crippen LogP contribution in [0.2, 0.25) is 0 Å². The molecule has 0 fully saturated rings. The van der Waals surface area contributed by atoms with Crippen LogP contribution in [-0.2, 0) is 9.84 Å². The zero-order valence-corrected chi connectivity index (χ0v) is 31.3. The molecule has 0 radical (unpaired) electrons. The van der Waals surface area contributed by atoms with E-state index < -0.39 is 34.1 Å². The largest absolute Gasteiger partial charge is 0.417 e. The van der Waals surface area contributed by atoms with Gasteiger partial charge in [-0.2, -0.15) is 0 Å². The van der Waals surface area contributed by atoms with E-state index in [1.165, 1.54) is 48.5 Å². The predicted molar refractivity (Wildman–Crippen MR) is 218 cm³/mol. The Labute approximate surface area is 328 Å². The van der Waals surface area contributed by atoms with Crippen LogP contribution >= 0.6 is 0 Å². The van der Waals surface area contributed by atoms with Crippen molar-refractivity contribution in [3.63, 3.8) is 0 Å². The fourth-order valence-corrected chi connectivity index (χ4v) is 6.55. The van der Waals surface area contributed by atoms with Crippen LogP contribution in [0.15, 0.2) is 155 Å². The lowest BCUT2D eigenvalue weighted by molar-refractivity contribution is 0.214. The second-order valence-corrected chi connectivity index (χ2v) is 14.4. The predicted octanol–water partition coefficient (Wildman–Crippen LogP) is 9.65. The molecule has 0 unspecified atom stereocenters. The average molecular weight is 785 g/mol. The van der Waals surface area contributed by atoms with Gasteiger partial charge in [0.15, 0.2) is 0 Å². The van der Waals surface area contributed by atoms with Crippen molar-refractivity contribution in [2.45, 2.75) is 23.6 Å². The van der Waals surface area contributed by atoms with E-state index in [9.17, 15) is 27.6 Å². The van der Waals surface area contributed by atoms with Crippen molar-refractivity contribution in [1.82, 2.24) is 0 Å². The highest BCUT2D eigenvalue weighted by Crippen LogP contribution is 2.26. The zero-order chi connectivity index (χ0) is 40.4. The molecule has 0 aromatic heterocycles. The number of urea groups is 2. The van der Waals surface area contributed by atoms with Crippen molar-refractivity contribution in [3.8, 4) is 11.5 Å². The number of para-hydroxylation sites is 2. The highest BCUT2D eigenvalue weighted by Gasteiger charge is 2.18. The minimum atomic E-state index is -3.95. The van der Waals surface area contributed by atoms with Crippen molar-refractivity contribution < 1.29 is 37.1 Å². The molecular weight excluding hydrogens is 749 g/mol. The van der Waals surface area contributed by atoms with Gasteiger partial charge in [0.2, 0.25) is 9.84 Å². The first kappa shape index (κ1) is 39.1. The third-order valence-electron chi connectivity index (χ3n) is 8.22. The van der Waals surface area contributed by atoms with Crippen molar-refractivity contribution in [3.05, 3.63) is 157 Å². The molecule has 6 amide bonds. The van der Waals surface area contributed by atoms with Crippen molar-refractivity contribution in [2.75, 3.05) is 31.9 Å². The van der Waals surface area contributed by atoms with E-state index in [0.717, 1.165) is 11.1 Å². The number of anilines is 6. The lowest BCUT2D eigenvalue weighted by atomic mass is 10.2. The van der Waals surface area contributed by atoms with Gasteiger partial charge in [-0.25, -0.2) is 27.6 Å². The van der Waals surface area contributed by atoms with Crippen LogP contribution in [0.1, 0.15) is 11.1 Å². The average Bonchev–Trinajstić information content (AvgIpc) is 3.18. The molecule has 0 spiro atoms. The van der Waals surface area contributed by atoms with E-state index in [1.807, 2.05) is 0 Å². The number of aryl methyl sites for hydroxylation is 2. The Morgan fingerprint density at radius 3 is 1.12 bits per heavy atom. The van der Waals surface area contributed by atoms with Gasteiger partial charge in [0, 0.05) is 34.1 Å². The van der Waals surface area contributed by atoms with Crippen LogP contribution in [0.25, 0.3) is 0 Å². The van der Waals surface area contributed by atoms with Gasteiger partial charge in [-0.3, -0.25) is 10.6 Å². The lowest BCUT2D eigenvalue weighted by Gasteiger charge is -2.13. The summed E-state index contributed by atoms with van der Waals surface area (Å²) in [6.45, 7) is 3.58. The minimum absolute atomic E-state index is 0.0139. The van der Waals surface area contributed by atoms with Crippen molar-refractivity contribution in [1.29, 1.82) is 0 Å². The number of carbonyl (C=O) groups is 4. The van der Waals surface area contributed by atoms with E-state index in [-0.39, 0.29) is 9.79 Å². The van der Waals surface area contributed by atoms with Crippen molar-refractivity contribution in [2.24, 2.45) is 0 Å². The maximum Gasteiger partial charge on any atom is 0.417 e. The van der Waals surface area contributed by atoms with E-state index in [4.69, 9.17) is 9.47 Å². The summed E-state index contributed by atoms with van der Waals surface area (Å²) in [5, 5.41) is 16.0. The van der Waals surface area contributed by atoms with Crippen LogP contribution in [0.3, 0.4) is 0 Å². The molecule has 14 nitrogen and oxygen atoms in total. The van der Waals surface area contributed by atoms with E-state index >= 15 is 0 Å². The Kier molecular flexibility index (Phi) is 12.1. The Bertz CT molecular complexity index is 2350. The number of nitrogens with one attached hydrogen (secondary N) is 6. The number of sulfone groups is 1. The normalized spacial score (nSPS) is 10.7. The van der Waals surface area contributed by atoms with Gasteiger partial charge < -0.3 is 30.7 Å². The van der Waals surface area contributed by atoms with Crippen LogP contribution in [0.5, 0.6) is 11.5 Å². The summed E-state index contributed by atoms with van der Waals surface area (Å²) >= 11 is 0. The molecule has 6 aromatic carbocycles. The molecule has 0 atom stereocenters. The van der Waals surface area contributed by atoms with Gasteiger partial charge in [-0.1, -0.05) is 48.5 Å². The molecule has 57 heavy (non-hydrogen) atoms. The van der Waals surface area contributed by atoms with Gasteiger partial charge in [-0.15, -0.1) is 0 Å². The number of hydrogen-bond acceptors (Lipinski definition) is 8. The molecule has 288 valence electrons. The van der Waals surface area contributed by atoms with Crippen molar-refractivity contribution >= 4 is 68.2 Å². The van der Waals surface area contributed by atoms with Crippen LogP contribution in [-0.4, -0.2) is 32.7 Å². The maximum absolute atomic E-state index is 13.4. The first-order valence-electron chi connectivity index (χ1n) is 17.3. The Hall–Kier alpha value is -7.65. The number of amides is 6. The third kappa shape index (κ3) is 10.7. The van der Waals surface area contributed by atoms with Gasteiger partial charge in [0.1, 0.15) is 11.5 Å². The maximum atomic E-state index is 13.4. The molecular formula is C42H36N6O8S. The summed E-state index contributed by atoms with van der Waals surface area (Å²) in [4.78, 5) is 50.3. The quantitative estimate of drug-likeness (QED) is 0.0790. The van der Waals surface area contributed by atoms with Crippen LogP contribution in [0.4, 0.5) is 53.3 Å². The number of ether oxygens (including phenoxy) is 2. The van der Waals surface area contributed by atoms with Crippen LogP contribution in [0, 0.1) is 13.8 Å². The molecule has 0 heterocycles. The first-order chi connectivity index (χ1) is 27.4. The third-order valence-corrected chi connectivity index (χ3v) is 10.0. The standard InChI is InChI=1S/C42H36N6O8S/c1-27-13-15-31(25-37(27)47-41(51)55-33-9-5-3-6-10-33)45-39(49)43-29-17-21-35(22-18-29)57(53,54)36-23-19-30(20-24-36)44-40(50)46-32-16-14-28(2)38(26-32)48-42(52)56-34-11-7-4-8-12-34/h3-26H,1-2H3,(H,47,51)(H,48,52)(H2,43,45,49)(H2,44,46,50). The van der Waals surface area contributed by atoms with E-state index in [0.29, 0.717) is 45.6 Å². The van der Waals surface area contributed by atoms with Gasteiger partial charge >= 0.3 is 24.2 Å². The fourth-order valence-electron chi connectivity index (χ4n) is 5.29. The smallest absolute Gasteiger partial charge is 0.410 e. The molecule has 0 aliphatic heterocycles. The summed E-state index contributed by atoms with van der Waals surface area (Å²) in [5.41, 5.74) is 3.80. The second-order valence-electron chi connectivity index (χ2n) is 12.4. The highest BCUT2D eigenvalue weighted by atomic mass is 32.2. The monoisotopic (exact) mass is 784 g/mol. The second kappa shape index (κ2) is 17.7. The summed E-state index contributed by atoms with van der Waals surface area (Å²) in [6, 6.07) is 37.2. The van der Waals surface area contributed by atoms with Gasteiger partial charge in [0.25, 0.3) is 0 Å². The topological polar surface area (TPSA) is 193 Å². The van der Waals surface area contributed by atoms with Gasteiger partial charge in [-0.05, 0) is 122 Å². The fraction of sp³-hybridized carbons (Fsp3) is 0.0476. The zero-order valence-electron chi connectivity index (χ0n) is 30.5. The Morgan fingerprint density at radius 2 is 0.754 bits per heavy atom. The Morgan fingerprint density at radius 1 is 0.421 bits per heavy atom. The number of carbonyl (C=O) groups excluding carboxylic acids is 4. The molecule has 0 aliphatic carbocycles. The number of rotatable bonds is 10. The summed E-state index contributed by atoms with van der Waals surface area (Å²) < 4.78 is 37.3. The molecule has 6 N–H and O–H groups in total. The van der Waals surface area contributed by atoms with Gasteiger partial charge in [0.05, 0.1) is 9.79 Å². The molecule has 6 aromatic rings. The summed E-state index contributed by atoms with van der Waals surface area (Å²) in [7, 11) is -3.95. The Balaban J connectivity index is 1.00. The first-order valence-corrected chi connectivity index (χ1v) is 18.8. The molecule has 0 saturated carbocycles. The summed E-state index contributed by atoms with van der Waals surface area (Å²) in [6.07, 6.45) is -1.38. The molecule has 0 saturated heterocycles. The van der Waals surface area contributed by atoms with Crippen LogP contribution < -0.4 is 41.4 Å². The highest BCUT2D eigenvalue weighted by molar-refractivity contribution is 7.91. The number of hydrogen-bond donors (Lipinski definition) is 6. The van der Waals surface area contributed by atoms with E-state index in [1.54, 1.807) is 111 Å². The SMILES string of the molecule is Cc1ccc(NC(=O)Nc2ccc(S(=O)(=O)c3ccc(NC(=O)Nc4ccc(C)c(NC(=O)Oc5ccccc5)c4)cc3)cc2)cc1NC(=O)Oc1ccccc1.